The van der Waals surface area contributed by atoms with Gasteiger partial charge in [0.15, 0.2) is 0 Å². The number of nitrogens with zero attached hydrogens (tertiary/aromatic N) is 1. The summed E-state index contributed by atoms with van der Waals surface area (Å²) in [6, 6.07) is 7.12. The lowest BCUT2D eigenvalue weighted by molar-refractivity contribution is 0.639. The average Bonchev–Trinajstić information content (AvgIpc) is 2.70. The lowest BCUT2D eigenvalue weighted by Gasteiger charge is -2.04. The van der Waals surface area contributed by atoms with E-state index in [4.69, 9.17) is 0 Å². The van der Waals surface area contributed by atoms with Gasteiger partial charge < -0.3 is 4.57 Å². The number of aryl methyl sites for hydroxylation is 1. The minimum Gasteiger partial charge on any atom is -0.347 e. The summed E-state index contributed by atoms with van der Waals surface area (Å²) in [4.78, 5) is 0. The van der Waals surface area contributed by atoms with Gasteiger partial charge in [0.05, 0.1) is 5.52 Å². The molecule has 1 aromatic carbocycles. The Balaban J connectivity index is 2.10. The number of aromatic nitrogens is 1. The number of benzene rings is 1. The highest BCUT2D eigenvalue weighted by atomic mass is 32.2. The maximum atomic E-state index is 13.4. The highest BCUT2D eigenvalue weighted by Gasteiger charge is 2.04. The van der Waals surface area contributed by atoms with E-state index in [2.05, 4.69) is 11.5 Å². The maximum Gasteiger partial charge on any atom is 0.132 e. The molecule has 0 fully saturated rings. The van der Waals surface area contributed by atoms with E-state index in [1.807, 2.05) is 30.1 Å². The van der Waals surface area contributed by atoms with Crippen LogP contribution in [-0.4, -0.2) is 16.1 Å². The van der Waals surface area contributed by atoms with E-state index in [1.54, 1.807) is 6.07 Å². The van der Waals surface area contributed by atoms with Crippen LogP contribution in [0.2, 0.25) is 0 Å². The summed E-state index contributed by atoms with van der Waals surface area (Å²) in [5.41, 5.74) is 1.00. The molecule has 0 atom stereocenters. The quantitative estimate of drug-likeness (QED) is 0.713. The third kappa shape index (κ3) is 2.40. The fraction of sp³-hybridized carbons (Fsp3) is 0.385. The van der Waals surface area contributed by atoms with E-state index >= 15 is 0 Å². The Morgan fingerprint density at radius 2 is 2.19 bits per heavy atom. The molecule has 0 amide bonds. The number of hydrogen-bond acceptors (Lipinski definition) is 1. The van der Waals surface area contributed by atoms with Crippen molar-refractivity contribution < 1.29 is 4.39 Å². The van der Waals surface area contributed by atoms with Crippen molar-refractivity contribution in [2.24, 2.45) is 0 Å². The van der Waals surface area contributed by atoms with Crippen LogP contribution in [0, 0.1) is 5.82 Å². The molecule has 86 valence electrons. The first-order chi connectivity index (χ1) is 7.83. The second kappa shape index (κ2) is 5.39. The van der Waals surface area contributed by atoms with Gasteiger partial charge >= 0.3 is 0 Å². The number of halogens is 1. The van der Waals surface area contributed by atoms with Gasteiger partial charge in [-0.3, -0.25) is 0 Å². The van der Waals surface area contributed by atoms with Gasteiger partial charge in [-0.25, -0.2) is 4.39 Å². The van der Waals surface area contributed by atoms with Crippen molar-refractivity contribution in [3.05, 3.63) is 36.3 Å². The van der Waals surface area contributed by atoms with Crippen LogP contribution in [0.4, 0.5) is 4.39 Å². The second-order valence-corrected chi connectivity index (χ2v) is 5.13. The minimum atomic E-state index is -0.126. The predicted octanol–water partition coefficient (Wildman–Crippen LogP) is 3.92. The zero-order valence-corrected chi connectivity index (χ0v) is 10.3. The zero-order chi connectivity index (χ0) is 11.4. The van der Waals surface area contributed by atoms with Crippen LogP contribution < -0.4 is 0 Å². The van der Waals surface area contributed by atoms with Crippen LogP contribution in [0.1, 0.15) is 13.3 Å². The second-order valence-electron chi connectivity index (χ2n) is 3.73. The summed E-state index contributed by atoms with van der Waals surface area (Å²) >= 11 is 1.95. The Kier molecular flexibility index (Phi) is 3.88. The Hall–Kier alpha value is -0.960. The third-order valence-electron chi connectivity index (χ3n) is 2.65. The van der Waals surface area contributed by atoms with E-state index < -0.39 is 0 Å². The van der Waals surface area contributed by atoms with Crippen molar-refractivity contribution in [1.82, 2.24) is 4.57 Å². The number of hydrogen-bond donors (Lipinski definition) is 0. The molecule has 3 heteroatoms. The molecule has 1 heterocycles. The Morgan fingerprint density at radius 1 is 1.31 bits per heavy atom. The molecule has 0 aliphatic rings. The number of fused-ring (bicyclic) bond motifs is 1. The third-order valence-corrected chi connectivity index (χ3v) is 3.64. The van der Waals surface area contributed by atoms with Crippen molar-refractivity contribution in [3.63, 3.8) is 0 Å². The number of thioether (sulfide) groups is 1. The monoisotopic (exact) mass is 237 g/mol. The molecule has 0 aliphatic carbocycles. The van der Waals surface area contributed by atoms with Crippen molar-refractivity contribution in [1.29, 1.82) is 0 Å². The normalized spacial score (nSPS) is 11.1. The highest BCUT2D eigenvalue weighted by molar-refractivity contribution is 7.99. The van der Waals surface area contributed by atoms with Crippen LogP contribution >= 0.6 is 11.8 Å². The SMILES string of the molecule is CCSCCCn1ccc2c(F)cccc21. The molecular weight excluding hydrogens is 221 g/mol. The van der Waals surface area contributed by atoms with Crippen molar-refractivity contribution in [2.45, 2.75) is 19.9 Å². The summed E-state index contributed by atoms with van der Waals surface area (Å²) in [6.07, 6.45) is 3.11. The van der Waals surface area contributed by atoms with Gasteiger partial charge in [0.25, 0.3) is 0 Å². The number of rotatable bonds is 5. The first kappa shape index (κ1) is 11.5. The van der Waals surface area contributed by atoms with E-state index in [1.165, 1.54) is 17.6 Å². The van der Waals surface area contributed by atoms with E-state index in [0.717, 1.165) is 23.9 Å². The topological polar surface area (TPSA) is 4.93 Å². The van der Waals surface area contributed by atoms with E-state index in [9.17, 15) is 4.39 Å². The molecule has 2 aromatic rings. The molecule has 1 aromatic heterocycles. The van der Waals surface area contributed by atoms with E-state index in [0.29, 0.717) is 0 Å². The fourth-order valence-electron chi connectivity index (χ4n) is 1.86. The van der Waals surface area contributed by atoms with E-state index in [-0.39, 0.29) is 5.82 Å². The first-order valence-corrected chi connectivity index (χ1v) is 6.79. The predicted molar refractivity (Wildman–Crippen MR) is 69.5 cm³/mol. The van der Waals surface area contributed by atoms with Crippen molar-refractivity contribution in [3.8, 4) is 0 Å². The van der Waals surface area contributed by atoms with Crippen LogP contribution in [0.15, 0.2) is 30.5 Å². The summed E-state index contributed by atoms with van der Waals surface area (Å²) < 4.78 is 15.6. The molecule has 0 aliphatic heterocycles. The largest absolute Gasteiger partial charge is 0.347 e. The fourth-order valence-corrected chi connectivity index (χ4v) is 2.48. The summed E-state index contributed by atoms with van der Waals surface area (Å²) in [5, 5.41) is 0.727. The minimum absolute atomic E-state index is 0.126. The van der Waals surface area contributed by atoms with Crippen LogP contribution in [0.3, 0.4) is 0 Å². The summed E-state index contributed by atoms with van der Waals surface area (Å²) in [5.74, 6) is 2.21. The van der Waals surface area contributed by atoms with Gasteiger partial charge in [0, 0.05) is 18.1 Å². The molecule has 1 nitrogen and oxygen atoms in total. The molecular formula is C13H16FNS. The Labute approximate surface area is 99.6 Å². The van der Waals surface area contributed by atoms with Gasteiger partial charge in [-0.05, 0) is 36.1 Å². The average molecular weight is 237 g/mol. The molecule has 0 radical (unpaired) electrons. The van der Waals surface area contributed by atoms with Crippen LogP contribution in [0.25, 0.3) is 10.9 Å². The molecule has 16 heavy (non-hydrogen) atoms. The van der Waals surface area contributed by atoms with Gasteiger partial charge in [0.2, 0.25) is 0 Å². The lowest BCUT2D eigenvalue weighted by Crippen LogP contribution is -1.97. The smallest absolute Gasteiger partial charge is 0.132 e. The van der Waals surface area contributed by atoms with Gasteiger partial charge in [-0.15, -0.1) is 0 Å². The molecule has 0 bridgehead atoms. The standard InChI is InChI=1S/C13H16FNS/c1-2-16-10-4-8-15-9-7-11-12(14)5-3-6-13(11)15/h3,5-7,9H,2,4,8,10H2,1H3. The maximum absolute atomic E-state index is 13.4. The molecule has 2 rings (SSSR count). The van der Waals surface area contributed by atoms with Crippen LogP contribution in [0.5, 0.6) is 0 Å². The van der Waals surface area contributed by atoms with Crippen molar-refractivity contribution >= 4 is 22.7 Å². The molecule has 0 spiro atoms. The molecule has 0 unspecified atom stereocenters. The van der Waals surface area contributed by atoms with Gasteiger partial charge in [-0.1, -0.05) is 13.0 Å². The first-order valence-electron chi connectivity index (χ1n) is 5.64. The summed E-state index contributed by atoms with van der Waals surface area (Å²) in [7, 11) is 0. The molecule has 0 saturated heterocycles. The Morgan fingerprint density at radius 3 is 3.00 bits per heavy atom. The molecule has 0 saturated carbocycles. The molecule has 0 N–H and O–H groups in total. The van der Waals surface area contributed by atoms with Crippen molar-refractivity contribution in [2.75, 3.05) is 11.5 Å². The highest BCUT2D eigenvalue weighted by Crippen LogP contribution is 2.19. The van der Waals surface area contributed by atoms with Gasteiger partial charge in [-0.2, -0.15) is 11.8 Å². The summed E-state index contributed by atoms with van der Waals surface area (Å²) in [6.45, 7) is 3.14. The van der Waals surface area contributed by atoms with Crippen LogP contribution in [-0.2, 0) is 6.54 Å². The zero-order valence-electron chi connectivity index (χ0n) is 9.45. The lowest BCUT2D eigenvalue weighted by atomic mass is 10.2. The van der Waals surface area contributed by atoms with Gasteiger partial charge in [0.1, 0.15) is 5.82 Å². The Bertz CT molecular complexity index is 464.